The van der Waals surface area contributed by atoms with Crippen LogP contribution in [-0.2, 0) is 16.0 Å². The quantitative estimate of drug-likeness (QED) is 0.168. The van der Waals surface area contributed by atoms with Crippen LogP contribution in [0.2, 0.25) is 0 Å². The first-order valence-electron chi connectivity index (χ1n) is 14.0. The number of hydrogen-bond donors (Lipinski definition) is 2. The van der Waals surface area contributed by atoms with Crippen molar-refractivity contribution in [2.24, 2.45) is 0 Å². The van der Waals surface area contributed by atoms with Crippen LogP contribution in [0.4, 0.5) is 11.4 Å². The Morgan fingerprint density at radius 3 is 2.26 bits per heavy atom. The Kier molecular flexibility index (Phi) is 9.19. The summed E-state index contributed by atoms with van der Waals surface area (Å²) in [6, 6.07) is 32.1. The van der Waals surface area contributed by atoms with Crippen LogP contribution in [-0.4, -0.2) is 30.0 Å². The van der Waals surface area contributed by atoms with Gasteiger partial charge in [-0.1, -0.05) is 74.5 Å². The predicted molar refractivity (Wildman–Crippen MR) is 171 cm³/mol. The molecule has 0 radical (unpaired) electrons. The van der Waals surface area contributed by atoms with Gasteiger partial charge in [0.15, 0.2) is 0 Å². The highest BCUT2D eigenvalue weighted by atomic mass is 32.2. The second-order valence-electron chi connectivity index (χ2n) is 10.4. The van der Waals surface area contributed by atoms with E-state index in [0.717, 1.165) is 22.6 Å². The average molecular weight is 576 g/mol. The molecule has 0 fully saturated rings. The summed E-state index contributed by atoms with van der Waals surface area (Å²) < 4.78 is 0. The van der Waals surface area contributed by atoms with Gasteiger partial charge in [0, 0.05) is 28.4 Å². The van der Waals surface area contributed by atoms with E-state index in [4.69, 9.17) is 0 Å². The van der Waals surface area contributed by atoms with E-state index in [1.54, 1.807) is 42.5 Å². The van der Waals surface area contributed by atoms with Crippen molar-refractivity contribution in [2.45, 2.75) is 31.1 Å². The molecule has 1 aliphatic rings. The van der Waals surface area contributed by atoms with E-state index in [1.807, 2.05) is 65.6 Å². The predicted octanol–water partition coefficient (Wildman–Crippen LogP) is 6.90. The summed E-state index contributed by atoms with van der Waals surface area (Å²) in [6.07, 6.45) is 2.55. The van der Waals surface area contributed by atoms with Crippen LogP contribution in [0.1, 0.15) is 46.8 Å². The number of nitrogens with one attached hydrogen (secondary N) is 2. The molecule has 7 heteroatoms. The van der Waals surface area contributed by atoms with Gasteiger partial charge in [0.1, 0.15) is 5.70 Å². The van der Waals surface area contributed by atoms with Gasteiger partial charge in [0.2, 0.25) is 5.91 Å². The number of anilines is 2. The van der Waals surface area contributed by atoms with Crippen molar-refractivity contribution in [1.82, 2.24) is 5.32 Å². The summed E-state index contributed by atoms with van der Waals surface area (Å²) in [6.45, 7) is 4.96. The molecule has 0 unspecified atom stereocenters. The van der Waals surface area contributed by atoms with Gasteiger partial charge in [0.25, 0.3) is 11.8 Å². The van der Waals surface area contributed by atoms with Crippen LogP contribution < -0.4 is 15.5 Å². The number of rotatable bonds is 9. The van der Waals surface area contributed by atoms with Crippen molar-refractivity contribution >= 4 is 46.9 Å². The molecule has 6 nitrogen and oxygen atoms in total. The van der Waals surface area contributed by atoms with E-state index in [9.17, 15) is 14.4 Å². The molecule has 3 amide bonds. The Hall–Kier alpha value is -4.62. The normalized spacial score (nSPS) is 12.6. The van der Waals surface area contributed by atoms with Crippen molar-refractivity contribution in [3.05, 3.63) is 131 Å². The number of fused-ring (bicyclic) bond motifs is 1. The van der Waals surface area contributed by atoms with Crippen molar-refractivity contribution in [1.29, 1.82) is 0 Å². The van der Waals surface area contributed by atoms with Crippen molar-refractivity contribution in [2.75, 3.05) is 22.5 Å². The smallest absolute Gasteiger partial charge is 0.272 e. The second kappa shape index (κ2) is 13.4. The van der Waals surface area contributed by atoms with E-state index in [1.165, 1.54) is 22.9 Å². The lowest BCUT2D eigenvalue weighted by molar-refractivity contribution is -0.116. The number of benzene rings is 4. The van der Waals surface area contributed by atoms with Gasteiger partial charge in [0.05, 0.1) is 5.75 Å². The molecule has 4 aromatic carbocycles. The third-order valence-corrected chi connectivity index (χ3v) is 8.10. The lowest BCUT2D eigenvalue weighted by Crippen LogP contribution is -2.30. The maximum Gasteiger partial charge on any atom is 0.272 e. The minimum Gasteiger partial charge on any atom is -0.321 e. The summed E-state index contributed by atoms with van der Waals surface area (Å²) in [5.41, 5.74) is 5.37. The molecule has 0 saturated heterocycles. The van der Waals surface area contributed by atoms with Crippen LogP contribution in [0, 0.1) is 0 Å². The number of nitrogens with zero attached hydrogens (tertiary/aromatic N) is 1. The molecule has 2 N–H and O–H groups in total. The van der Waals surface area contributed by atoms with E-state index in [-0.39, 0.29) is 17.5 Å². The second-order valence-corrected chi connectivity index (χ2v) is 11.4. The number of amides is 3. The van der Waals surface area contributed by atoms with Crippen LogP contribution in [0.5, 0.6) is 0 Å². The molecule has 0 saturated carbocycles. The number of hydrogen-bond acceptors (Lipinski definition) is 4. The van der Waals surface area contributed by atoms with Gasteiger partial charge in [-0.2, -0.15) is 0 Å². The molecule has 4 aromatic rings. The minimum absolute atomic E-state index is 0.0766. The summed E-state index contributed by atoms with van der Waals surface area (Å²) in [4.78, 5) is 41.9. The van der Waals surface area contributed by atoms with Crippen molar-refractivity contribution in [3.8, 4) is 0 Å². The molecule has 1 heterocycles. The molecule has 1 aliphatic heterocycles. The number of para-hydroxylation sites is 1. The molecule has 0 aliphatic carbocycles. The zero-order valence-corrected chi connectivity index (χ0v) is 24.5. The van der Waals surface area contributed by atoms with Gasteiger partial charge in [-0.15, -0.1) is 11.8 Å². The number of thioether (sulfide) groups is 1. The van der Waals surface area contributed by atoms with Crippen molar-refractivity contribution < 1.29 is 14.4 Å². The van der Waals surface area contributed by atoms with Gasteiger partial charge >= 0.3 is 0 Å². The molecule has 212 valence electrons. The van der Waals surface area contributed by atoms with Crippen LogP contribution in [0.15, 0.2) is 114 Å². The summed E-state index contributed by atoms with van der Waals surface area (Å²) in [5, 5.41) is 5.67. The SMILES string of the molecule is CC(C)c1ccc(C=C(NC(=O)c2ccccc2)C(=O)Nc2ccc(SCC(=O)N3CCc4ccccc43)cc2)cc1. The Labute approximate surface area is 250 Å². The standard InChI is InChI=1S/C35H33N3O3S/c1-24(2)26-14-12-25(13-15-26)22-31(37-34(40)28-9-4-3-5-10-28)35(41)36-29-16-18-30(19-17-29)42-23-33(39)38-21-20-27-8-6-7-11-32(27)38/h3-19,22,24H,20-21,23H2,1-2H3,(H,36,41)(H,37,40). The molecule has 5 rings (SSSR count). The summed E-state index contributed by atoms with van der Waals surface area (Å²) in [5.74, 6) is -0.00979. The highest BCUT2D eigenvalue weighted by Gasteiger charge is 2.24. The van der Waals surface area contributed by atoms with Gasteiger partial charge in [-0.3, -0.25) is 14.4 Å². The van der Waals surface area contributed by atoms with Crippen LogP contribution in [0.3, 0.4) is 0 Å². The highest BCUT2D eigenvalue weighted by molar-refractivity contribution is 8.00. The minimum atomic E-state index is -0.435. The lowest BCUT2D eigenvalue weighted by atomic mass is 10.0. The Balaban J connectivity index is 1.25. The molecule has 0 spiro atoms. The highest BCUT2D eigenvalue weighted by Crippen LogP contribution is 2.29. The number of carbonyl (C=O) groups excluding carboxylic acids is 3. The molecule has 0 atom stereocenters. The summed E-state index contributed by atoms with van der Waals surface area (Å²) in [7, 11) is 0. The Morgan fingerprint density at radius 2 is 1.55 bits per heavy atom. The van der Waals surface area contributed by atoms with Gasteiger partial charge < -0.3 is 15.5 Å². The van der Waals surface area contributed by atoms with E-state index >= 15 is 0 Å². The molecule has 0 aromatic heterocycles. The first kappa shape index (κ1) is 28.9. The molecule has 0 bridgehead atoms. The van der Waals surface area contributed by atoms with E-state index in [0.29, 0.717) is 29.5 Å². The van der Waals surface area contributed by atoms with Crippen LogP contribution >= 0.6 is 11.8 Å². The first-order valence-corrected chi connectivity index (χ1v) is 15.0. The molecular weight excluding hydrogens is 542 g/mol. The molecule has 42 heavy (non-hydrogen) atoms. The fraction of sp³-hybridized carbons (Fsp3) is 0.171. The maximum atomic E-state index is 13.4. The topological polar surface area (TPSA) is 78.5 Å². The zero-order chi connectivity index (χ0) is 29.5. The fourth-order valence-electron chi connectivity index (χ4n) is 4.74. The van der Waals surface area contributed by atoms with Crippen LogP contribution in [0.25, 0.3) is 6.08 Å². The number of carbonyl (C=O) groups is 3. The maximum absolute atomic E-state index is 13.4. The van der Waals surface area contributed by atoms with Gasteiger partial charge in [-0.05, 0) is 77.6 Å². The average Bonchev–Trinajstić information content (AvgIpc) is 3.45. The Bertz CT molecular complexity index is 1600. The first-order chi connectivity index (χ1) is 20.4. The van der Waals surface area contributed by atoms with E-state index in [2.05, 4.69) is 30.5 Å². The Morgan fingerprint density at radius 1 is 0.857 bits per heavy atom. The van der Waals surface area contributed by atoms with Crippen molar-refractivity contribution in [3.63, 3.8) is 0 Å². The largest absolute Gasteiger partial charge is 0.321 e. The van der Waals surface area contributed by atoms with E-state index < -0.39 is 5.91 Å². The summed E-state index contributed by atoms with van der Waals surface area (Å²) >= 11 is 1.46. The van der Waals surface area contributed by atoms with Gasteiger partial charge in [-0.25, -0.2) is 0 Å². The third-order valence-electron chi connectivity index (χ3n) is 7.11. The zero-order valence-electron chi connectivity index (χ0n) is 23.7. The monoisotopic (exact) mass is 575 g/mol. The third kappa shape index (κ3) is 7.17. The fourth-order valence-corrected chi connectivity index (χ4v) is 5.51. The molecular formula is C35H33N3O3S. The lowest BCUT2D eigenvalue weighted by Gasteiger charge is -2.17.